The molecule has 1 aliphatic heterocycles. The van der Waals surface area contributed by atoms with Gasteiger partial charge in [0.1, 0.15) is 0 Å². The number of hydrogen-bond donors (Lipinski definition) is 3. The van der Waals surface area contributed by atoms with Crippen LogP contribution in [0.2, 0.25) is 0 Å². The maximum atomic E-state index is 9.83. The first-order chi connectivity index (χ1) is 7.74. The summed E-state index contributed by atoms with van der Waals surface area (Å²) in [5.41, 5.74) is 0.146. The van der Waals surface area contributed by atoms with Gasteiger partial charge >= 0.3 is 0 Å². The van der Waals surface area contributed by atoms with Crippen LogP contribution in [0, 0.1) is 5.41 Å². The van der Waals surface area contributed by atoms with Gasteiger partial charge in [-0.2, -0.15) is 0 Å². The third-order valence-corrected chi connectivity index (χ3v) is 3.84. The molecule has 3 N–H and O–H groups in total. The predicted octanol–water partition coefficient (Wildman–Crippen LogP) is -0.195. The first-order valence-electron chi connectivity index (χ1n) is 6.46. The minimum Gasteiger partial charge on any atom is -0.396 e. The van der Waals surface area contributed by atoms with Gasteiger partial charge < -0.3 is 20.4 Å². The summed E-state index contributed by atoms with van der Waals surface area (Å²) in [7, 11) is 0. The molecule has 0 amide bonds. The average molecular weight is 228 g/mol. The highest BCUT2D eigenvalue weighted by atomic mass is 16.3. The van der Waals surface area contributed by atoms with Crippen LogP contribution in [0.1, 0.15) is 25.7 Å². The molecule has 2 fully saturated rings. The fourth-order valence-corrected chi connectivity index (χ4v) is 2.40. The van der Waals surface area contributed by atoms with E-state index >= 15 is 0 Å². The van der Waals surface area contributed by atoms with Crippen LogP contribution >= 0.6 is 0 Å². The van der Waals surface area contributed by atoms with Crippen LogP contribution in [0.25, 0.3) is 0 Å². The van der Waals surface area contributed by atoms with Crippen molar-refractivity contribution in [1.82, 2.24) is 10.2 Å². The molecule has 1 saturated heterocycles. The standard InChI is InChI=1S/C12H24N2O2/c15-10-12(3-4-12)9-13-7-11(16)8-14-5-1-2-6-14/h11,13,15-16H,1-10H2. The SMILES string of the molecule is OCC1(CNCC(O)CN2CCCC2)CC1. The van der Waals surface area contributed by atoms with Crippen LogP contribution < -0.4 is 5.32 Å². The fourth-order valence-electron chi connectivity index (χ4n) is 2.40. The largest absolute Gasteiger partial charge is 0.396 e. The number of rotatable bonds is 7. The van der Waals surface area contributed by atoms with Gasteiger partial charge in [0.2, 0.25) is 0 Å². The summed E-state index contributed by atoms with van der Waals surface area (Å²) in [6.45, 7) is 4.84. The molecule has 0 aromatic carbocycles. The molecule has 1 saturated carbocycles. The van der Waals surface area contributed by atoms with Crippen molar-refractivity contribution < 1.29 is 10.2 Å². The Morgan fingerprint density at radius 2 is 1.94 bits per heavy atom. The van der Waals surface area contributed by atoms with Gasteiger partial charge in [0.15, 0.2) is 0 Å². The zero-order valence-electron chi connectivity index (χ0n) is 9.99. The van der Waals surface area contributed by atoms with Crippen molar-refractivity contribution in [3.63, 3.8) is 0 Å². The monoisotopic (exact) mass is 228 g/mol. The van der Waals surface area contributed by atoms with Gasteiger partial charge in [-0.3, -0.25) is 0 Å². The maximum absolute atomic E-state index is 9.83. The van der Waals surface area contributed by atoms with E-state index < -0.39 is 0 Å². The summed E-state index contributed by atoms with van der Waals surface area (Å²) in [5, 5.41) is 22.2. The van der Waals surface area contributed by atoms with Crippen LogP contribution in [0.3, 0.4) is 0 Å². The summed E-state index contributed by atoms with van der Waals surface area (Å²) < 4.78 is 0. The molecule has 94 valence electrons. The number of nitrogens with zero attached hydrogens (tertiary/aromatic N) is 1. The van der Waals surface area contributed by atoms with Crippen LogP contribution in [-0.2, 0) is 0 Å². The van der Waals surface area contributed by atoms with Gasteiger partial charge in [-0.15, -0.1) is 0 Å². The number of hydrogen-bond acceptors (Lipinski definition) is 4. The van der Waals surface area contributed by atoms with E-state index in [9.17, 15) is 5.11 Å². The molecule has 2 rings (SSSR count). The first kappa shape index (κ1) is 12.3. The normalized spacial score (nSPS) is 25.9. The second-order valence-corrected chi connectivity index (χ2v) is 5.45. The number of nitrogens with one attached hydrogen (secondary N) is 1. The molecule has 0 bridgehead atoms. The third kappa shape index (κ3) is 3.42. The minimum atomic E-state index is -0.271. The lowest BCUT2D eigenvalue weighted by molar-refractivity contribution is 0.119. The molecule has 0 aromatic rings. The van der Waals surface area contributed by atoms with Crippen molar-refractivity contribution in [3.05, 3.63) is 0 Å². The van der Waals surface area contributed by atoms with E-state index in [2.05, 4.69) is 10.2 Å². The number of aliphatic hydroxyl groups excluding tert-OH is 2. The van der Waals surface area contributed by atoms with Crippen molar-refractivity contribution in [2.24, 2.45) is 5.41 Å². The smallest absolute Gasteiger partial charge is 0.0791 e. The maximum Gasteiger partial charge on any atom is 0.0791 e. The fraction of sp³-hybridized carbons (Fsp3) is 1.00. The molecule has 0 aromatic heterocycles. The van der Waals surface area contributed by atoms with E-state index in [1.165, 1.54) is 12.8 Å². The quantitative estimate of drug-likeness (QED) is 0.565. The molecule has 16 heavy (non-hydrogen) atoms. The Morgan fingerprint density at radius 1 is 1.25 bits per heavy atom. The Hall–Kier alpha value is -0.160. The van der Waals surface area contributed by atoms with Gasteiger partial charge in [0.05, 0.1) is 6.10 Å². The second-order valence-electron chi connectivity index (χ2n) is 5.45. The van der Waals surface area contributed by atoms with Crippen molar-refractivity contribution in [2.75, 3.05) is 39.3 Å². The van der Waals surface area contributed by atoms with Crippen LogP contribution in [0.5, 0.6) is 0 Å². The van der Waals surface area contributed by atoms with Crippen molar-refractivity contribution in [3.8, 4) is 0 Å². The highest BCUT2D eigenvalue weighted by Gasteiger charge is 2.41. The van der Waals surface area contributed by atoms with E-state index in [-0.39, 0.29) is 18.1 Å². The average Bonchev–Trinajstić information content (AvgIpc) is 2.87. The molecule has 1 atom stereocenters. The van der Waals surface area contributed by atoms with Crippen LogP contribution in [0.15, 0.2) is 0 Å². The van der Waals surface area contributed by atoms with Crippen LogP contribution in [0.4, 0.5) is 0 Å². The Labute approximate surface area is 97.6 Å². The second kappa shape index (κ2) is 5.45. The van der Waals surface area contributed by atoms with E-state index in [1.54, 1.807) is 0 Å². The summed E-state index contributed by atoms with van der Waals surface area (Å²) in [5.74, 6) is 0. The Balaban J connectivity index is 1.55. The molecule has 1 heterocycles. The molecular weight excluding hydrogens is 204 g/mol. The van der Waals surface area contributed by atoms with Gasteiger partial charge in [-0.1, -0.05) is 0 Å². The first-order valence-corrected chi connectivity index (χ1v) is 6.46. The lowest BCUT2D eigenvalue weighted by atomic mass is 10.1. The lowest BCUT2D eigenvalue weighted by Gasteiger charge is -2.20. The highest BCUT2D eigenvalue weighted by molar-refractivity contribution is 4.94. The predicted molar refractivity (Wildman–Crippen MR) is 63.3 cm³/mol. The summed E-state index contributed by atoms with van der Waals surface area (Å²) >= 11 is 0. The third-order valence-electron chi connectivity index (χ3n) is 3.84. The van der Waals surface area contributed by atoms with Gasteiger partial charge in [-0.05, 0) is 38.8 Å². The molecule has 4 heteroatoms. The van der Waals surface area contributed by atoms with Crippen LogP contribution in [-0.4, -0.2) is 60.5 Å². The Morgan fingerprint density at radius 3 is 2.50 bits per heavy atom. The Bertz CT molecular complexity index is 213. The summed E-state index contributed by atoms with van der Waals surface area (Å²) in [4.78, 5) is 2.32. The highest BCUT2D eigenvalue weighted by Crippen LogP contribution is 2.44. The summed E-state index contributed by atoms with van der Waals surface area (Å²) in [6, 6.07) is 0. The number of likely N-dealkylation sites (tertiary alicyclic amines) is 1. The van der Waals surface area contributed by atoms with Gasteiger partial charge in [0, 0.05) is 31.7 Å². The lowest BCUT2D eigenvalue weighted by Crippen LogP contribution is -2.39. The molecule has 0 spiro atoms. The van der Waals surface area contributed by atoms with Crippen molar-refractivity contribution in [1.29, 1.82) is 0 Å². The van der Waals surface area contributed by atoms with E-state index in [0.29, 0.717) is 6.54 Å². The molecule has 1 aliphatic carbocycles. The summed E-state index contributed by atoms with van der Waals surface area (Å²) in [6.07, 6.45) is 4.52. The topological polar surface area (TPSA) is 55.7 Å². The minimum absolute atomic E-state index is 0.146. The number of aliphatic hydroxyl groups is 2. The van der Waals surface area contributed by atoms with E-state index in [4.69, 9.17) is 5.11 Å². The molecule has 2 aliphatic rings. The van der Waals surface area contributed by atoms with Gasteiger partial charge in [0.25, 0.3) is 0 Å². The van der Waals surface area contributed by atoms with Gasteiger partial charge in [-0.25, -0.2) is 0 Å². The Kier molecular flexibility index (Phi) is 4.19. The van der Waals surface area contributed by atoms with E-state index in [0.717, 1.165) is 39.0 Å². The molecule has 1 unspecified atom stereocenters. The zero-order chi connectivity index (χ0) is 11.4. The van der Waals surface area contributed by atoms with Crippen molar-refractivity contribution in [2.45, 2.75) is 31.8 Å². The zero-order valence-corrected chi connectivity index (χ0v) is 9.99. The van der Waals surface area contributed by atoms with Crippen molar-refractivity contribution >= 4 is 0 Å². The molecule has 0 radical (unpaired) electrons. The van der Waals surface area contributed by atoms with E-state index in [1.807, 2.05) is 0 Å². The molecule has 4 nitrogen and oxygen atoms in total. The molecular formula is C12H24N2O2. The number of β-amino-alcohol motifs (C(OH)–C–C–N with tert-alkyl or cyclic N) is 1.